The van der Waals surface area contributed by atoms with Crippen molar-refractivity contribution in [3.63, 3.8) is 0 Å². The van der Waals surface area contributed by atoms with Gasteiger partial charge in [0.25, 0.3) is 5.91 Å². The van der Waals surface area contributed by atoms with E-state index >= 15 is 0 Å². The molecular formula is C12H17N3O3. The lowest BCUT2D eigenvalue weighted by atomic mass is 9.76. The number of aromatic nitrogens is 2. The van der Waals surface area contributed by atoms with Gasteiger partial charge in [-0.3, -0.25) is 9.89 Å². The third-order valence-electron chi connectivity index (χ3n) is 3.42. The molecule has 2 rings (SSSR count). The SMILES string of the molecule is CC(C)c1cc(C(=O)NC2(C(=O)O)CCC2)n[nH]1. The predicted molar refractivity (Wildman–Crippen MR) is 64.4 cm³/mol. The number of nitrogens with zero attached hydrogens (tertiary/aromatic N) is 1. The zero-order chi connectivity index (χ0) is 13.3. The number of aliphatic carboxylic acids is 1. The maximum Gasteiger partial charge on any atom is 0.329 e. The average Bonchev–Trinajstić information content (AvgIpc) is 2.71. The molecule has 1 amide bonds. The summed E-state index contributed by atoms with van der Waals surface area (Å²) in [6.45, 7) is 3.97. The molecule has 1 heterocycles. The number of aromatic amines is 1. The molecule has 0 atom stereocenters. The molecule has 1 saturated carbocycles. The van der Waals surface area contributed by atoms with Crippen LogP contribution in [0.15, 0.2) is 6.07 Å². The molecule has 1 aliphatic carbocycles. The van der Waals surface area contributed by atoms with Crippen LogP contribution in [-0.4, -0.2) is 32.7 Å². The van der Waals surface area contributed by atoms with Crippen molar-refractivity contribution in [3.8, 4) is 0 Å². The molecule has 1 aromatic heterocycles. The van der Waals surface area contributed by atoms with Crippen LogP contribution < -0.4 is 5.32 Å². The summed E-state index contributed by atoms with van der Waals surface area (Å²) in [6, 6.07) is 1.66. The van der Waals surface area contributed by atoms with Gasteiger partial charge < -0.3 is 10.4 Å². The highest BCUT2D eigenvalue weighted by Gasteiger charge is 2.46. The molecule has 0 bridgehead atoms. The third-order valence-corrected chi connectivity index (χ3v) is 3.42. The molecule has 98 valence electrons. The first-order valence-corrected chi connectivity index (χ1v) is 6.06. The number of carboxylic acids is 1. The molecule has 3 N–H and O–H groups in total. The largest absolute Gasteiger partial charge is 0.480 e. The Bertz CT molecular complexity index is 475. The highest BCUT2D eigenvalue weighted by atomic mass is 16.4. The summed E-state index contributed by atoms with van der Waals surface area (Å²) < 4.78 is 0. The first-order chi connectivity index (χ1) is 8.44. The molecule has 0 aromatic carbocycles. The molecule has 0 spiro atoms. The van der Waals surface area contributed by atoms with Gasteiger partial charge in [0.2, 0.25) is 0 Å². The van der Waals surface area contributed by atoms with Gasteiger partial charge in [0.1, 0.15) is 11.2 Å². The molecular weight excluding hydrogens is 234 g/mol. The van der Waals surface area contributed by atoms with Gasteiger partial charge in [-0.1, -0.05) is 13.8 Å². The maximum atomic E-state index is 11.9. The van der Waals surface area contributed by atoms with Crippen LogP contribution in [0, 0.1) is 0 Å². The number of H-pyrrole nitrogens is 1. The number of carbonyl (C=O) groups is 2. The lowest BCUT2D eigenvalue weighted by Crippen LogP contribution is -2.59. The van der Waals surface area contributed by atoms with Gasteiger partial charge in [0.15, 0.2) is 0 Å². The Balaban J connectivity index is 2.09. The fraction of sp³-hybridized carbons (Fsp3) is 0.583. The second-order valence-electron chi connectivity index (χ2n) is 5.06. The molecule has 6 heteroatoms. The van der Waals surface area contributed by atoms with Crippen LogP contribution in [0.3, 0.4) is 0 Å². The van der Waals surface area contributed by atoms with Gasteiger partial charge in [-0.2, -0.15) is 5.10 Å². The van der Waals surface area contributed by atoms with Crippen LogP contribution in [0.1, 0.15) is 55.2 Å². The van der Waals surface area contributed by atoms with Crippen LogP contribution in [-0.2, 0) is 4.79 Å². The van der Waals surface area contributed by atoms with Crippen molar-refractivity contribution in [1.82, 2.24) is 15.5 Å². The number of carboxylic acid groups (broad SMARTS) is 1. The van der Waals surface area contributed by atoms with Gasteiger partial charge in [0, 0.05) is 5.69 Å². The average molecular weight is 251 g/mol. The molecule has 1 fully saturated rings. The van der Waals surface area contributed by atoms with E-state index in [-0.39, 0.29) is 11.6 Å². The first-order valence-electron chi connectivity index (χ1n) is 6.06. The Labute approximate surface area is 105 Å². The van der Waals surface area contributed by atoms with Crippen molar-refractivity contribution < 1.29 is 14.7 Å². The number of amides is 1. The summed E-state index contributed by atoms with van der Waals surface area (Å²) in [5.74, 6) is -1.15. The summed E-state index contributed by atoms with van der Waals surface area (Å²) in [6.07, 6.45) is 1.79. The summed E-state index contributed by atoms with van der Waals surface area (Å²) in [5, 5.41) is 18.4. The van der Waals surface area contributed by atoms with Gasteiger partial charge >= 0.3 is 5.97 Å². The fourth-order valence-corrected chi connectivity index (χ4v) is 1.95. The maximum absolute atomic E-state index is 11.9. The Morgan fingerprint density at radius 1 is 1.50 bits per heavy atom. The van der Waals surface area contributed by atoms with Gasteiger partial charge in [-0.25, -0.2) is 4.79 Å². The summed E-state index contributed by atoms with van der Waals surface area (Å²) in [5.41, 5.74) is 0.0120. The highest BCUT2D eigenvalue weighted by molar-refractivity contribution is 5.96. The van der Waals surface area contributed by atoms with E-state index in [1.54, 1.807) is 6.07 Å². The summed E-state index contributed by atoms with van der Waals surface area (Å²) >= 11 is 0. The van der Waals surface area contributed by atoms with E-state index in [0.717, 1.165) is 12.1 Å². The lowest BCUT2D eigenvalue weighted by molar-refractivity contribution is -0.148. The van der Waals surface area contributed by atoms with Gasteiger partial charge in [-0.15, -0.1) is 0 Å². The summed E-state index contributed by atoms with van der Waals surface area (Å²) in [4.78, 5) is 23.1. The van der Waals surface area contributed by atoms with E-state index in [1.165, 1.54) is 0 Å². The van der Waals surface area contributed by atoms with Crippen molar-refractivity contribution in [1.29, 1.82) is 0 Å². The molecule has 1 aromatic rings. The Hall–Kier alpha value is -1.85. The highest BCUT2D eigenvalue weighted by Crippen LogP contribution is 2.32. The van der Waals surface area contributed by atoms with E-state index in [1.807, 2.05) is 13.8 Å². The number of nitrogens with one attached hydrogen (secondary N) is 2. The van der Waals surface area contributed by atoms with E-state index in [2.05, 4.69) is 15.5 Å². The second-order valence-corrected chi connectivity index (χ2v) is 5.06. The fourth-order valence-electron chi connectivity index (χ4n) is 1.95. The van der Waals surface area contributed by atoms with Crippen LogP contribution in [0.25, 0.3) is 0 Å². The zero-order valence-corrected chi connectivity index (χ0v) is 10.5. The number of carbonyl (C=O) groups excluding carboxylic acids is 1. The van der Waals surface area contributed by atoms with Gasteiger partial charge in [-0.05, 0) is 31.2 Å². The van der Waals surface area contributed by atoms with E-state index in [9.17, 15) is 9.59 Å². The Kier molecular flexibility index (Phi) is 3.11. The van der Waals surface area contributed by atoms with Crippen LogP contribution in [0.2, 0.25) is 0 Å². The van der Waals surface area contributed by atoms with Crippen molar-refractivity contribution in [2.75, 3.05) is 0 Å². The zero-order valence-electron chi connectivity index (χ0n) is 10.5. The molecule has 0 saturated heterocycles. The first kappa shape index (κ1) is 12.6. The topological polar surface area (TPSA) is 95.1 Å². The van der Waals surface area contributed by atoms with Crippen LogP contribution >= 0.6 is 0 Å². The molecule has 1 aliphatic rings. The van der Waals surface area contributed by atoms with E-state index in [4.69, 9.17) is 5.11 Å². The van der Waals surface area contributed by atoms with E-state index in [0.29, 0.717) is 12.8 Å². The molecule has 18 heavy (non-hydrogen) atoms. The minimum atomic E-state index is -1.09. The van der Waals surface area contributed by atoms with Crippen LogP contribution in [0.4, 0.5) is 0 Å². The van der Waals surface area contributed by atoms with Crippen molar-refractivity contribution in [2.24, 2.45) is 0 Å². The van der Waals surface area contributed by atoms with Crippen molar-refractivity contribution >= 4 is 11.9 Å². The Morgan fingerprint density at radius 2 is 2.17 bits per heavy atom. The standard InChI is InChI=1S/C12H17N3O3/c1-7(2)8-6-9(15-14-8)10(16)13-12(11(17)18)4-3-5-12/h6-7H,3-5H2,1-2H3,(H,13,16)(H,14,15)(H,17,18). The number of hydrogen-bond acceptors (Lipinski definition) is 3. The van der Waals surface area contributed by atoms with Gasteiger partial charge in [0.05, 0.1) is 0 Å². The monoisotopic (exact) mass is 251 g/mol. The predicted octanol–water partition coefficient (Wildman–Crippen LogP) is 1.27. The Morgan fingerprint density at radius 3 is 2.56 bits per heavy atom. The molecule has 0 unspecified atom stereocenters. The van der Waals surface area contributed by atoms with E-state index < -0.39 is 17.4 Å². The van der Waals surface area contributed by atoms with Crippen molar-refractivity contribution in [2.45, 2.75) is 44.6 Å². The quantitative estimate of drug-likeness (QED) is 0.751. The minimum absolute atomic E-state index is 0.242. The summed E-state index contributed by atoms with van der Waals surface area (Å²) in [7, 11) is 0. The second kappa shape index (κ2) is 4.44. The minimum Gasteiger partial charge on any atom is -0.480 e. The number of hydrogen-bond donors (Lipinski definition) is 3. The van der Waals surface area contributed by atoms with Crippen molar-refractivity contribution in [3.05, 3.63) is 17.5 Å². The smallest absolute Gasteiger partial charge is 0.329 e. The normalized spacial score (nSPS) is 17.3. The number of rotatable bonds is 4. The lowest BCUT2D eigenvalue weighted by Gasteiger charge is -2.37. The molecule has 0 aliphatic heterocycles. The molecule has 6 nitrogen and oxygen atoms in total. The third kappa shape index (κ3) is 2.10. The molecule has 0 radical (unpaired) electrons. The van der Waals surface area contributed by atoms with Crippen LogP contribution in [0.5, 0.6) is 0 Å².